The number of oxazole rings is 1. The highest BCUT2D eigenvalue weighted by Crippen LogP contribution is 2.35. The second-order valence-corrected chi connectivity index (χ2v) is 9.11. The van der Waals surface area contributed by atoms with Crippen molar-refractivity contribution in [2.45, 2.75) is 26.2 Å². The number of rotatable bonds is 10. The molecule has 0 amide bonds. The summed E-state index contributed by atoms with van der Waals surface area (Å²) < 4.78 is 17.6. The first-order valence-electron chi connectivity index (χ1n) is 12.5. The van der Waals surface area contributed by atoms with Crippen molar-refractivity contribution in [1.29, 1.82) is 0 Å². The van der Waals surface area contributed by atoms with E-state index < -0.39 is 0 Å². The van der Waals surface area contributed by atoms with Gasteiger partial charge in [0, 0.05) is 51.1 Å². The van der Waals surface area contributed by atoms with Gasteiger partial charge in [0.25, 0.3) is 0 Å². The van der Waals surface area contributed by atoms with Crippen LogP contribution >= 0.6 is 0 Å². The summed E-state index contributed by atoms with van der Waals surface area (Å²) in [6.45, 7) is 10.5. The number of aryl methyl sites for hydroxylation is 1. The quantitative estimate of drug-likeness (QED) is 0.420. The van der Waals surface area contributed by atoms with Crippen LogP contribution in [0.2, 0.25) is 0 Å². The molecule has 0 aliphatic carbocycles. The van der Waals surface area contributed by atoms with Crippen molar-refractivity contribution in [3.8, 4) is 23.1 Å². The van der Waals surface area contributed by atoms with E-state index >= 15 is 0 Å². The van der Waals surface area contributed by atoms with E-state index in [-0.39, 0.29) is 0 Å². The summed E-state index contributed by atoms with van der Waals surface area (Å²) in [5.74, 6) is 3.71. The molecule has 0 saturated carbocycles. The lowest BCUT2D eigenvalue weighted by Gasteiger charge is -2.27. The summed E-state index contributed by atoms with van der Waals surface area (Å²) in [5, 5.41) is 7.77. The fraction of sp³-hybridized carbons (Fsp3) is 0.560. The number of benzene rings is 1. The maximum atomic E-state index is 6.16. The highest BCUT2D eigenvalue weighted by atomic mass is 16.5. The molecule has 0 bridgehead atoms. The zero-order chi connectivity index (χ0) is 24.0. The van der Waals surface area contributed by atoms with Crippen LogP contribution < -0.4 is 20.1 Å². The second kappa shape index (κ2) is 11.2. The van der Waals surface area contributed by atoms with E-state index in [2.05, 4.69) is 25.4 Å². The van der Waals surface area contributed by atoms with E-state index in [1.807, 2.05) is 19.1 Å². The van der Waals surface area contributed by atoms with Gasteiger partial charge in [0.2, 0.25) is 0 Å². The smallest absolute Gasteiger partial charge is 0.199 e. The van der Waals surface area contributed by atoms with Crippen LogP contribution in [0.15, 0.2) is 22.7 Å². The zero-order valence-electron chi connectivity index (χ0n) is 20.7. The third kappa shape index (κ3) is 5.83. The fourth-order valence-electron chi connectivity index (χ4n) is 4.65. The Bertz CT molecular complexity index is 1120. The molecule has 3 aromatic rings. The van der Waals surface area contributed by atoms with Gasteiger partial charge in [0.1, 0.15) is 5.82 Å². The van der Waals surface area contributed by atoms with E-state index in [4.69, 9.17) is 23.9 Å². The number of fused-ring (bicyclic) bond motifs is 1. The van der Waals surface area contributed by atoms with Crippen LogP contribution in [0.25, 0.3) is 22.5 Å². The summed E-state index contributed by atoms with van der Waals surface area (Å²) in [4.78, 5) is 18.7. The van der Waals surface area contributed by atoms with Crippen molar-refractivity contribution < 1.29 is 13.9 Å². The predicted octanol–water partition coefficient (Wildman–Crippen LogP) is 2.74. The molecule has 10 nitrogen and oxygen atoms in total. The molecule has 35 heavy (non-hydrogen) atoms. The lowest BCUT2D eigenvalue weighted by atomic mass is 10.2. The van der Waals surface area contributed by atoms with Gasteiger partial charge in [-0.3, -0.25) is 4.90 Å². The van der Waals surface area contributed by atoms with Crippen LogP contribution in [0.1, 0.15) is 25.2 Å². The van der Waals surface area contributed by atoms with Gasteiger partial charge in [-0.25, -0.2) is 15.0 Å². The van der Waals surface area contributed by atoms with Gasteiger partial charge in [0.05, 0.1) is 32.1 Å². The van der Waals surface area contributed by atoms with Crippen molar-refractivity contribution in [3.63, 3.8) is 0 Å². The molecule has 1 aromatic carbocycles. The molecule has 2 aliphatic rings. The fourth-order valence-corrected chi connectivity index (χ4v) is 4.65. The summed E-state index contributed by atoms with van der Waals surface area (Å²) in [6.07, 6.45) is 5.25. The van der Waals surface area contributed by atoms with E-state index in [1.54, 1.807) is 13.3 Å². The molecule has 2 N–H and O–H groups in total. The van der Waals surface area contributed by atoms with Gasteiger partial charge in [-0.05, 0) is 38.4 Å². The van der Waals surface area contributed by atoms with Gasteiger partial charge in [-0.15, -0.1) is 0 Å². The Balaban J connectivity index is 1.40. The number of methoxy groups -OCH3 is 1. The Morgan fingerprint density at radius 3 is 2.63 bits per heavy atom. The van der Waals surface area contributed by atoms with Crippen molar-refractivity contribution >= 4 is 16.7 Å². The molecular formula is C25H35N7O3. The minimum atomic E-state index is 0.492. The topological polar surface area (TPSA) is 101 Å². The molecule has 5 rings (SSSR count). The van der Waals surface area contributed by atoms with Crippen molar-refractivity contribution in [1.82, 2.24) is 30.1 Å². The number of hydrogen-bond acceptors (Lipinski definition) is 10. The number of hydrogen-bond donors (Lipinski definition) is 2. The molecule has 10 heteroatoms. The van der Waals surface area contributed by atoms with E-state index in [0.717, 1.165) is 55.9 Å². The molecule has 0 radical (unpaired) electrons. The molecular weight excluding hydrogens is 446 g/mol. The number of nitrogens with one attached hydrogen (secondary N) is 2. The highest BCUT2D eigenvalue weighted by molar-refractivity contribution is 5.93. The average molecular weight is 482 g/mol. The minimum Gasteiger partial charge on any atom is -0.493 e. The molecule has 4 heterocycles. The van der Waals surface area contributed by atoms with Crippen LogP contribution in [0.4, 0.5) is 5.82 Å². The molecule has 0 unspecified atom stereocenters. The SMILES string of the molecule is COc1cc2c(NCN3CCNCC3)nc(-c3cnc(C)o3)nc2cc1OCCCN1CCCC1. The number of anilines is 1. The molecule has 0 atom stereocenters. The largest absolute Gasteiger partial charge is 0.493 e. The van der Waals surface area contributed by atoms with E-state index in [9.17, 15) is 0 Å². The van der Waals surface area contributed by atoms with E-state index in [1.165, 1.54) is 25.9 Å². The first-order chi connectivity index (χ1) is 17.2. The Hall–Kier alpha value is -2.95. The lowest BCUT2D eigenvalue weighted by molar-refractivity contribution is 0.254. The highest BCUT2D eigenvalue weighted by Gasteiger charge is 2.18. The third-order valence-corrected chi connectivity index (χ3v) is 6.58. The van der Waals surface area contributed by atoms with Gasteiger partial charge in [-0.1, -0.05) is 0 Å². The maximum absolute atomic E-state index is 6.16. The van der Waals surface area contributed by atoms with Gasteiger partial charge >= 0.3 is 0 Å². The Labute approximate surface area is 206 Å². The second-order valence-electron chi connectivity index (χ2n) is 9.11. The zero-order valence-corrected chi connectivity index (χ0v) is 20.7. The van der Waals surface area contributed by atoms with Crippen LogP contribution in [-0.4, -0.2) is 91.0 Å². The number of likely N-dealkylation sites (tertiary alicyclic amines) is 1. The van der Waals surface area contributed by atoms with Crippen LogP contribution in [-0.2, 0) is 0 Å². The Morgan fingerprint density at radius 2 is 1.89 bits per heavy atom. The standard InChI is InChI=1S/C25H35N7O3/c1-18-27-16-23(35-18)25-29-20-15-22(34-13-5-10-31-8-3-4-9-31)21(33-2)14-19(20)24(30-25)28-17-32-11-6-26-7-12-32/h14-16,26H,3-13,17H2,1-2H3,(H,28,29,30). The molecule has 2 fully saturated rings. The van der Waals surface area contributed by atoms with Crippen molar-refractivity contribution in [2.75, 3.05) is 71.5 Å². The molecule has 2 aromatic heterocycles. The van der Waals surface area contributed by atoms with Crippen LogP contribution in [0.3, 0.4) is 0 Å². The normalized spacial score (nSPS) is 17.2. The summed E-state index contributed by atoms with van der Waals surface area (Å²) in [7, 11) is 1.67. The number of piperazine rings is 1. The predicted molar refractivity (Wildman–Crippen MR) is 135 cm³/mol. The van der Waals surface area contributed by atoms with Crippen LogP contribution in [0, 0.1) is 6.92 Å². The first kappa shape index (κ1) is 23.8. The first-order valence-corrected chi connectivity index (χ1v) is 12.5. The summed E-state index contributed by atoms with van der Waals surface area (Å²) in [6, 6.07) is 3.90. The number of ether oxygens (including phenoxy) is 2. The minimum absolute atomic E-state index is 0.492. The maximum Gasteiger partial charge on any atom is 0.199 e. The molecule has 2 saturated heterocycles. The number of aromatic nitrogens is 3. The average Bonchev–Trinajstić information content (AvgIpc) is 3.57. The Kier molecular flexibility index (Phi) is 7.60. The van der Waals surface area contributed by atoms with Gasteiger partial charge in [-0.2, -0.15) is 0 Å². The monoisotopic (exact) mass is 481 g/mol. The molecule has 2 aliphatic heterocycles. The van der Waals surface area contributed by atoms with E-state index in [0.29, 0.717) is 42.2 Å². The molecule has 188 valence electrons. The lowest BCUT2D eigenvalue weighted by Crippen LogP contribution is -2.45. The summed E-state index contributed by atoms with van der Waals surface area (Å²) >= 11 is 0. The summed E-state index contributed by atoms with van der Waals surface area (Å²) in [5.41, 5.74) is 0.766. The van der Waals surface area contributed by atoms with Crippen molar-refractivity contribution in [3.05, 3.63) is 24.2 Å². The van der Waals surface area contributed by atoms with Gasteiger partial charge in [0.15, 0.2) is 29.0 Å². The van der Waals surface area contributed by atoms with Crippen LogP contribution in [0.5, 0.6) is 11.5 Å². The van der Waals surface area contributed by atoms with Gasteiger partial charge < -0.3 is 29.4 Å². The number of nitrogens with zero attached hydrogens (tertiary/aromatic N) is 5. The van der Waals surface area contributed by atoms with Crippen molar-refractivity contribution in [2.24, 2.45) is 0 Å². The Morgan fingerprint density at radius 1 is 1.06 bits per heavy atom. The third-order valence-electron chi connectivity index (χ3n) is 6.58. The molecule has 0 spiro atoms.